The van der Waals surface area contributed by atoms with Gasteiger partial charge in [0, 0.05) is 17.3 Å². The Balaban J connectivity index is 1.85. The highest BCUT2D eigenvalue weighted by Crippen LogP contribution is 2.19. The van der Waals surface area contributed by atoms with Crippen molar-refractivity contribution < 1.29 is 9.18 Å². The fraction of sp³-hybridized carbons (Fsp3) is 0.188. The topological polar surface area (TPSA) is 41.1 Å². The molecule has 2 aromatic carbocycles. The molecule has 0 radical (unpaired) electrons. The van der Waals surface area contributed by atoms with Crippen LogP contribution in [0.15, 0.2) is 42.5 Å². The lowest BCUT2D eigenvalue weighted by Gasteiger charge is -2.10. The van der Waals surface area contributed by atoms with E-state index in [9.17, 15) is 9.18 Å². The van der Waals surface area contributed by atoms with Crippen molar-refractivity contribution in [2.45, 2.75) is 13.3 Å². The molecule has 0 saturated heterocycles. The molecule has 2 N–H and O–H groups in total. The predicted octanol–water partition coefficient (Wildman–Crippen LogP) is 4.15. The lowest BCUT2D eigenvalue weighted by molar-refractivity contribution is 0.252. The van der Waals surface area contributed by atoms with Gasteiger partial charge in [-0.25, -0.2) is 9.18 Å². The average molecular weight is 307 g/mol. The van der Waals surface area contributed by atoms with E-state index in [2.05, 4.69) is 10.6 Å². The summed E-state index contributed by atoms with van der Waals surface area (Å²) in [5.41, 5.74) is 2.16. The Labute approximate surface area is 128 Å². The Kier molecular flexibility index (Phi) is 5.17. The third-order valence-electron chi connectivity index (χ3n) is 3.09. The van der Waals surface area contributed by atoms with Gasteiger partial charge in [0.2, 0.25) is 0 Å². The maximum Gasteiger partial charge on any atom is 0.319 e. The third-order valence-corrected chi connectivity index (χ3v) is 3.32. The molecule has 0 spiro atoms. The molecule has 110 valence electrons. The zero-order valence-corrected chi connectivity index (χ0v) is 12.4. The lowest BCUT2D eigenvalue weighted by atomic mass is 10.1. The summed E-state index contributed by atoms with van der Waals surface area (Å²) in [6.07, 6.45) is 0.439. The third kappa shape index (κ3) is 4.46. The fourth-order valence-corrected chi connectivity index (χ4v) is 2.08. The Bertz CT molecular complexity index is 646. The quantitative estimate of drug-likeness (QED) is 0.875. The van der Waals surface area contributed by atoms with Crippen molar-refractivity contribution in [3.8, 4) is 0 Å². The number of anilines is 1. The molecular formula is C16H16ClFN2O. The van der Waals surface area contributed by atoms with Gasteiger partial charge in [-0.1, -0.05) is 35.9 Å². The molecule has 21 heavy (non-hydrogen) atoms. The van der Waals surface area contributed by atoms with Crippen LogP contribution < -0.4 is 10.6 Å². The van der Waals surface area contributed by atoms with E-state index < -0.39 is 0 Å². The van der Waals surface area contributed by atoms with Gasteiger partial charge in [0.1, 0.15) is 5.82 Å². The minimum atomic E-state index is -0.336. The van der Waals surface area contributed by atoms with Crippen LogP contribution in [0.1, 0.15) is 11.1 Å². The van der Waals surface area contributed by atoms with Crippen molar-refractivity contribution in [1.82, 2.24) is 5.32 Å². The summed E-state index contributed by atoms with van der Waals surface area (Å²) in [6.45, 7) is 2.23. The first-order chi connectivity index (χ1) is 10.1. The monoisotopic (exact) mass is 306 g/mol. The summed E-state index contributed by atoms with van der Waals surface area (Å²) in [5, 5.41) is 5.98. The van der Waals surface area contributed by atoms with E-state index in [1.165, 1.54) is 6.07 Å². The molecule has 0 fully saturated rings. The number of hydrogen-bond donors (Lipinski definition) is 2. The number of carbonyl (C=O) groups excluding carboxylic acids is 1. The van der Waals surface area contributed by atoms with E-state index in [4.69, 9.17) is 11.6 Å². The number of halogens is 2. The smallest absolute Gasteiger partial charge is 0.319 e. The van der Waals surface area contributed by atoms with E-state index in [0.717, 1.165) is 5.56 Å². The predicted molar refractivity (Wildman–Crippen MR) is 83.3 cm³/mol. The molecule has 0 saturated carbocycles. The minimum Gasteiger partial charge on any atom is -0.338 e. The highest BCUT2D eigenvalue weighted by atomic mass is 35.5. The van der Waals surface area contributed by atoms with Gasteiger partial charge in [-0.05, 0) is 42.7 Å². The molecule has 0 atom stereocenters. The molecule has 0 bridgehead atoms. The van der Waals surface area contributed by atoms with Crippen molar-refractivity contribution in [3.63, 3.8) is 0 Å². The summed E-state index contributed by atoms with van der Waals surface area (Å²) in [4.78, 5) is 11.8. The number of aryl methyl sites for hydroxylation is 1. The maximum absolute atomic E-state index is 13.4. The molecule has 0 aliphatic rings. The molecule has 0 aliphatic carbocycles. The lowest BCUT2D eigenvalue weighted by Crippen LogP contribution is -2.30. The van der Waals surface area contributed by atoms with Gasteiger partial charge in [-0.15, -0.1) is 0 Å². The molecule has 0 aliphatic heterocycles. The molecule has 0 aromatic heterocycles. The van der Waals surface area contributed by atoms with Gasteiger partial charge in [0.05, 0.1) is 0 Å². The van der Waals surface area contributed by atoms with E-state index in [1.54, 1.807) is 30.3 Å². The maximum atomic E-state index is 13.4. The first kappa shape index (κ1) is 15.3. The molecule has 2 rings (SSSR count). The number of carbonyl (C=O) groups is 1. The van der Waals surface area contributed by atoms with Crippen LogP contribution in [0.3, 0.4) is 0 Å². The molecule has 2 amide bonds. The zero-order valence-electron chi connectivity index (χ0n) is 11.6. The van der Waals surface area contributed by atoms with Gasteiger partial charge >= 0.3 is 6.03 Å². The molecule has 2 aromatic rings. The summed E-state index contributed by atoms with van der Waals surface area (Å²) in [7, 11) is 0. The largest absolute Gasteiger partial charge is 0.338 e. The van der Waals surface area contributed by atoms with E-state index in [0.29, 0.717) is 29.2 Å². The summed E-state index contributed by atoms with van der Waals surface area (Å²) < 4.78 is 13.4. The Hall–Kier alpha value is -2.07. The highest BCUT2D eigenvalue weighted by molar-refractivity contribution is 6.31. The number of hydrogen-bond acceptors (Lipinski definition) is 1. The van der Waals surface area contributed by atoms with Crippen molar-refractivity contribution in [2.75, 3.05) is 11.9 Å². The zero-order chi connectivity index (χ0) is 15.2. The van der Waals surface area contributed by atoms with Gasteiger partial charge in [0.25, 0.3) is 0 Å². The Morgan fingerprint density at radius 3 is 2.76 bits per heavy atom. The van der Waals surface area contributed by atoms with Crippen molar-refractivity contribution >= 4 is 23.3 Å². The molecule has 0 unspecified atom stereocenters. The average Bonchev–Trinajstić information content (AvgIpc) is 2.45. The van der Waals surface area contributed by atoms with Crippen LogP contribution in [0, 0.1) is 12.7 Å². The summed E-state index contributed by atoms with van der Waals surface area (Å²) >= 11 is 5.89. The van der Waals surface area contributed by atoms with Gasteiger partial charge in [-0.3, -0.25) is 0 Å². The number of benzene rings is 2. The summed E-state index contributed by atoms with van der Waals surface area (Å²) in [6, 6.07) is 11.5. The number of rotatable bonds is 4. The van der Waals surface area contributed by atoms with E-state index in [-0.39, 0.29) is 11.8 Å². The van der Waals surface area contributed by atoms with Gasteiger partial charge < -0.3 is 10.6 Å². The number of urea groups is 1. The second-order valence-electron chi connectivity index (χ2n) is 4.68. The van der Waals surface area contributed by atoms with Crippen LogP contribution in [0.25, 0.3) is 0 Å². The molecule has 0 heterocycles. The van der Waals surface area contributed by atoms with Gasteiger partial charge in [0.15, 0.2) is 0 Å². The molecular weight excluding hydrogens is 291 g/mol. The highest BCUT2D eigenvalue weighted by Gasteiger charge is 2.06. The van der Waals surface area contributed by atoms with Crippen LogP contribution >= 0.6 is 11.6 Å². The van der Waals surface area contributed by atoms with Crippen molar-refractivity contribution in [2.24, 2.45) is 0 Å². The molecule has 3 nitrogen and oxygen atoms in total. The fourth-order valence-electron chi connectivity index (χ4n) is 1.91. The summed E-state index contributed by atoms with van der Waals surface area (Å²) in [5.74, 6) is -0.259. The minimum absolute atomic E-state index is 0.259. The Morgan fingerprint density at radius 1 is 1.24 bits per heavy atom. The van der Waals surface area contributed by atoms with E-state index >= 15 is 0 Å². The normalized spacial score (nSPS) is 10.2. The van der Waals surface area contributed by atoms with Crippen molar-refractivity contribution in [3.05, 3.63) is 64.4 Å². The van der Waals surface area contributed by atoms with Crippen LogP contribution in [0.5, 0.6) is 0 Å². The first-order valence-electron chi connectivity index (χ1n) is 6.60. The first-order valence-corrected chi connectivity index (χ1v) is 6.98. The standard InChI is InChI=1S/C16H16ClFN2O/c1-11-6-7-13(17)10-15(11)20-16(21)19-9-8-12-4-2-3-5-14(12)18/h2-7,10H,8-9H2,1H3,(H2,19,20,21). The van der Waals surface area contributed by atoms with Crippen LogP contribution in [-0.2, 0) is 6.42 Å². The molecule has 5 heteroatoms. The van der Waals surface area contributed by atoms with Crippen LogP contribution in [0.2, 0.25) is 5.02 Å². The van der Waals surface area contributed by atoms with Crippen LogP contribution in [-0.4, -0.2) is 12.6 Å². The van der Waals surface area contributed by atoms with Crippen LogP contribution in [0.4, 0.5) is 14.9 Å². The van der Waals surface area contributed by atoms with Gasteiger partial charge in [-0.2, -0.15) is 0 Å². The SMILES string of the molecule is Cc1ccc(Cl)cc1NC(=O)NCCc1ccccc1F. The van der Waals surface area contributed by atoms with E-state index in [1.807, 2.05) is 13.0 Å². The van der Waals surface area contributed by atoms with Crippen molar-refractivity contribution in [1.29, 1.82) is 0 Å². The second kappa shape index (κ2) is 7.09. The number of nitrogens with one attached hydrogen (secondary N) is 2. The Morgan fingerprint density at radius 2 is 2.00 bits per heavy atom. The second-order valence-corrected chi connectivity index (χ2v) is 5.12. The number of amides is 2.